The number of fused-ring (bicyclic) bond motifs is 1. The topological polar surface area (TPSA) is 15.3 Å². The summed E-state index contributed by atoms with van der Waals surface area (Å²) in [5.74, 6) is 0.685. The first-order valence-corrected chi connectivity index (χ1v) is 7.73. The highest BCUT2D eigenvalue weighted by atomic mass is 15.2. The van der Waals surface area contributed by atoms with Crippen LogP contribution in [0.5, 0.6) is 0 Å². The van der Waals surface area contributed by atoms with Crippen molar-refractivity contribution in [3.8, 4) is 0 Å². The zero-order valence-corrected chi connectivity index (χ0v) is 12.5. The van der Waals surface area contributed by atoms with E-state index in [2.05, 4.69) is 49.2 Å². The first-order valence-electron chi connectivity index (χ1n) is 7.73. The summed E-state index contributed by atoms with van der Waals surface area (Å²) in [6.07, 6.45) is 3.87. The fourth-order valence-electron chi connectivity index (χ4n) is 3.91. The molecule has 19 heavy (non-hydrogen) atoms. The van der Waals surface area contributed by atoms with Gasteiger partial charge in [-0.05, 0) is 49.8 Å². The van der Waals surface area contributed by atoms with Crippen molar-refractivity contribution in [1.82, 2.24) is 4.90 Å². The molecule has 1 unspecified atom stereocenters. The lowest BCUT2D eigenvalue weighted by atomic mass is 9.74. The van der Waals surface area contributed by atoms with E-state index in [0.29, 0.717) is 11.5 Å². The van der Waals surface area contributed by atoms with Crippen molar-refractivity contribution in [3.05, 3.63) is 29.3 Å². The smallest absolute Gasteiger partial charge is 0.0409 e. The van der Waals surface area contributed by atoms with Gasteiger partial charge in [-0.15, -0.1) is 0 Å². The number of aryl methyl sites for hydroxylation is 1. The van der Waals surface area contributed by atoms with E-state index >= 15 is 0 Å². The number of piperidine rings is 1. The van der Waals surface area contributed by atoms with E-state index < -0.39 is 0 Å². The molecule has 1 aromatic rings. The van der Waals surface area contributed by atoms with Crippen LogP contribution in [-0.4, -0.2) is 30.1 Å². The molecule has 1 spiro atoms. The second kappa shape index (κ2) is 4.82. The Morgan fingerprint density at radius 1 is 1.32 bits per heavy atom. The van der Waals surface area contributed by atoms with Crippen molar-refractivity contribution in [1.29, 1.82) is 0 Å². The maximum Gasteiger partial charge on any atom is 0.0409 e. The van der Waals surface area contributed by atoms with Crippen molar-refractivity contribution in [2.75, 3.05) is 25.0 Å². The quantitative estimate of drug-likeness (QED) is 0.825. The third-order valence-electron chi connectivity index (χ3n) is 5.18. The minimum absolute atomic E-state index is 0.351. The first-order chi connectivity index (χ1) is 9.13. The summed E-state index contributed by atoms with van der Waals surface area (Å²) in [5.41, 5.74) is 4.69. The van der Waals surface area contributed by atoms with Gasteiger partial charge in [0.05, 0.1) is 0 Å². The van der Waals surface area contributed by atoms with Crippen molar-refractivity contribution in [2.24, 2.45) is 0 Å². The van der Waals surface area contributed by atoms with Crippen LogP contribution in [0.25, 0.3) is 0 Å². The van der Waals surface area contributed by atoms with Crippen LogP contribution in [0.1, 0.15) is 50.2 Å². The highest BCUT2D eigenvalue weighted by Crippen LogP contribution is 2.44. The number of likely N-dealkylation sites (tertiary alicyclic amines) is 1. The van der Waals surface area contributed by atoms with Gasteiger partial charge in [-0.1, -0.05) is 32.0 Å². The molecule has 0 saturated carbocycles. The van der Waals surface area contributed by atoms with Crippen LogP contribution in [-0.2, 0) is 0 Å². The largest absolute Gasteiger partial charge is 0.379 e. The van der Waals surface area contributed by atoms with Crippen LogP contribution in [0.3, 0.4) is 0 Å². The maximum absolute atomic E-state index is 3.93. The third-order valence-corrected chi connectivity index (χ3v) is 5.18. The molecule has 104 valence electrons. The minimum atomic E-state index is 0.351. The summed E-state index contributed by atoms with van der Waals surface area (Å²) >= 11 is 0. The van der Waals surface area contributed by atoms with E-state index in [4.69, 9.17) is 0 Å². The second-order valence-corrected chi connectivity index (χ2v) is 6.48. The number of hydrogen-bond donors (Lipinski definition) is 1. The molecule has 0 amide bonds. The Bertz CT molecular complexity index is 458. The molecule has 2 heterocycles. The van der Waals surface area contributed by atoms with Crippen LogP contribution in [0, 0.1) is 6.92 Å². The van der Waals surface area contributed by atoms with Gasteiger partial charge in [0.15, 0.2) is 0 Å². The molecule has 3 rings (SSSR count). The summed E-state index contributed by atoms with van der Waals surface area (Å²) in [5, 5.41) is 3.93. The van der Waals surface area contributed by atoms with Gasteiger partial charge in [0, 0.05) is 24.3 Å². The molecule has 1 fully saturated rings. The van der Waals surface area contributed by atoms with E-state index in [9.17, 15) is 0 Å². The lowest BCUT2D eigenvalue weighted by Gasteiger charge is -2.48. The van der Waals surface area contributed by atoms with Crippen molar-refractivity contribution in [2.45, 2.75) is 51.5 Å². The average Bonchev–Trinajstić information content (AvgIpc) is 2.41. The molecule has 0 aromatic heterocycles. The highest BCUT2D eigenvalue weighted by Gasteiger charge is 2.39. The summed E-state index contributed by atoms with van der Waals surface area (Å²) in [6, 6.07) is 6.73. The van der Waals surface area contributed by atoms with Gasteiger partial charge in [0.25, 0.3) is 0 Å². The Labute approximate surface area is 117 Å². The monoisotopic (exact) mass is 258 g/mol. The summed E-state index contributed by atoms with van der Waals surface area (Å²) in [7, 11) is 0. The molecule has 1 saturated heterocycles. The second-order valence-electron chi connectivity index (χ2n) is 6.48. The highest BCUT2D eigenvalue weighted by molar-refractivity contribution is 5.62. The number of para-hydroxylation sites is 1. The number of nitrogens with zero attached hydrogens (tertiary/aromatic N) is 1. The van der Waals surface area contributed by atoms with Crippen molar-refractivity contribution in [3.63, 3.8) is 0 Å². The molecule has 0 aliphatic carbocycles. The average molecular weight is 258 g/mol. The summed E-state index contributed by atoms with van der Waals surface area (Å²) < 4.78 is 0. The van der Waals surface area contributed by atoms with E-state index in [1.165, 1.54) is 55.7 Å². The van der Waals surface area contributed by atoms with Gasteiger partial charge in [-0.2, -0.15) is 0 Å². The Morgan fingerprint density at radius 2 is 2.05 bits per heavy atom. The van der Waals surface area contributed by atoms with E-state index in [0.717, 1.165) is 0 Å². The van der Waals surface area contributed by atoms with Gasteiger partial charge >= 0.3 is 0 Å². The van der Waals surface area contributed by atoms with Crippen molar-refractivity contribution < 1.29 is 0 Å². The molecule has 2 aliphatic heterocycles. The summed E-state index contributed by atoms with van der Waals surface area (Å²) in [4.78, 5) is 2.57. The lowest BCUT2D eigenvalue weighted by molar-refractivity contribution is 0.166. The molecule has 2 aliphatic rings. The Morgan fingerprint density at radius 3 is 2.74 bits per heavy atom. The van der Waals surface area contributed by atoms with Crippen molar-refractivity contribution >= 4 is 5.69 Å². The van der Waals surface area contributed by atoms with Crippen LogP contribution in [0.15, 0.2) is 18.2 Å². The zero-order chi connectivity index (χ0) is 13.5. The number of anilines is 1. The molecular formula is C17H26N2. The van der Waals surface area contributed by atoms with Crippen LogP contribution in [0.4, 0.5) is 5.69 Å². The number of nitrogens with one attached hydrogen (secondary N) is 1. The zero-order valence-electron chi connectivity index (χ0n) is 12.5. The van der Waals surface area contributed by atoms with Gasteiger partial charge < -0.3 is 10.2 Å². The van der Waals surface area contributed by atoms with E-state index in [1.54, 1.807) is 0 Å². The third kappa shape index (κ3) is 2.27. The molecule has 2 heteroatoms. The SMILES string of the molecule is CCN1CCC2(CC1)CC(C)c1cccc(C)c1N2. The van der Waals surface area contributed by atoms with Crippen LogP contribution < -0.4 is 5.32 Å². The predicted molar refractivity (Wildman–Crippen MR) is 81.9 cm³/mol. The molecule has 2 nitrogen and oxygen atoms in total. The normalized spacial score (nSPS) is 25.9. The minimum Gasteiger partial charge on any atom is -0.379 e. The standard InChI is InChI=1S/C17H26N2/c1-4-19-10-8-17(9-11-19)12-14(3)15-7-5-6-13(2)16(15)18-17/h5-7,14,18H,4,8-12H2,1-3H3. The Kier molecular flexibility index (Phi) is 3.30. The molecular weight excluding hydrogens is 232 g/mol. The molecule has 0 radical (unpaired) electrons. The Hall–Kier alpha value is -1.02. The van der Waals surface area contributed by atoms with E-state index in [1.807, 2.05) is 0 Å². The van der Waals surface area contributed by atoms with Gasteiger partial charge in [-0.3, -0.25) is 0 Å². The Balaban J connectivity index is 1.87. The maximum atomic E-state index is 3.93. The van der Waals surface area contributed by atoms with Crippen LogP contribution in [0.2, 0.25) is 0 Å². The first kappa shape index (κ1) is 13.0. The molecule has 1 atom stereocenters. The van der Waals surface area contributed by atoms with Crippen LogP contribution >= 0.6 is 0 Å². The summed E-state index contributed by atoms with van der Waals surface area (Å²) in [6.45, 7) is 10.6. The predicted octanol–water partition coefficient (Wildman–Crippen LogP) is 3.77. The van der Waals surface area contributed by atoms with Gasteiger partial charge in [-0.25, -0.2) is 0 Å². The molecule has 1 aromatic carbocycles. The number of benzene rings is 1. The number of hydrogen-bond acceptors (Lipinski definition) is 2. The molecule has 1 N–H and O–H groups in total. The van der Waals surface area contributed by atoms with Gasteiger partial charge in [0.1, 0.15) is 0 Å². The number of rotatable bonds is 1. The van der Waals surface area contributed by atoms with E-state index in [-0.39, 0.29) is 0 Å². The fourth-order valence-corrected chi connectivity index (χ4v) is 3.91. The van der Waals surface area contributed by atoms with Gasteiger partial charge in [0.2, 0.25) is 0 Å². The fraction of sp³-hybridized carbons (Fsp3) is 0.647. The molecule has 0 bridgehead atoms. The lowest BCUT2D eigenvalue weighted by Crippen LogP contribution is -2.51.